The molecule has 0 N–H and O–H groups in total. The lowest BCUT2D eigenvalue weighted by molar-refractivity contribution is -0.0367. The van der Waals surface area contributed by atoms with E-state index in [-0.39, 0.29) is 0 Å². The van der Waals surface area contributed by atoms with Crippen molar-refractivity contribution in [1.29, 1.82) is 0 Å². The first-order valence-electron chi connectivity index (χ1n) is 8.18. The Bertz CT molecular complexity index is 190. The Morgan fingerprint density at radius 2 is 1.11 bits per heavy atom. The van der Waals surface area contributed by atoms with E-state index in [1.54, 1.807) is 0 Å². The summed E-state index contributed by atoms with van der Waals surface area (Å²) >= 11 is 0. The summed E-state index contributed by atoms with van der Waals surface area (Å²) in [5, 5.41) is 0. The summed E-state index contributed by atoms with van der Waals surface area (Å²) in [6.07, 6.45) is 10.5. The summed E-state index contributed by atoms with van der Waals surface area (Å²) in [5.74, 6) is 1.73. The standard InChI is InChI=1S/C16H30O3/c1(3-7-15-11-18-12-15)5-9-17-10-6-2-4-8-16-13-19-14-16/h15-16H,1-14H2. The lowest BCUT2D eigenvalue weighted by atomic mass is 10.00. The Hall–Kier alpha value is -0.120. The molecule has 2 saturated heterocycles. The van der Waals surface area contributed by atoms with Crippen LogP contribution in [0.25, 0.3) is 0 Å². The summed E-state index contributed by atoms with van der Waals surface area (Å²) < 4.78 is 16.0. The third-order valence-corrected chi connectivity index (χ3v) is 4.22. The highest BCUT2D eigenvalue weighted by Gasteiger charge is 2.17. The summed E-state index contributed by atoms with van der Waals surface area (Å²) in [7, 11) is 0. The predicted molar refractivity (Wildman–Crippen MR) is 76.4 cm³/mol. The third kappa shape index (κ3) is 6.73. The van der Waals surface area contributed by atoms with Crippen LogP contribution >= 0.6 is 0 Å². The van der Waals surface area contributed by atoms with Crippen LogP contribution in [0.2, 0.25) is 0 Å². The molecular formula is C16H30O3. The maximum atomic E-state index is 5.68. The van der Waals surface area contributed by atoms with Gasteiger partial charge in [-0.25, -0.2) is 0 Å². The van der Waals surface area contributed by atoms with E-state index in [2.05, 4.69) is 0 Å². The molecule has 2 rings (SSSR count). The topological polar surface area (TPSA) is 27.7 Å². The van der Waals surface area contributed by atoms with Crippen molar-refractivity contribution in [3.63, 3.8) is 0 Å². The molecule has 0 aromatic rings. The molecule has 0 bridgehead atoms. The fourth-order valence-electron chi connectivity index (χ4n) is 2.63. The molecule has 0 spiro atoms. The van der Waals surface area contributed by atoms with Gasteiger partial charge in [-0.05, 0) is 25.7 Å². The van der Waals surface area contributed by atoms with Crippen molar-refractivity contribution in [2.24, 2.45) is 11.8 Å². The zero-order valence-corrected chi connectivity index (χ0v) is 12.3. The Morgan fingerprint density at radius 1 is 0.632 bits per heavy atom. The van der Waals surface area contributed by atoms with Crippen LogP contribution < -0.4 is 0 Å². The SMILES string of the molecule is C(CCOCCCCCC1COC1)CCC1COC1. The van der Waals surface area contributed by atoms with Gasteiger partial charge in [0.25, 0.3) is 0 Å². The zero-order valence-electron chi connectivity index (χ0n) is 12.3. The molecule has 2 aliphatic heterocycles. The van der Waals surface area contributed by atoms with Crippen molar-refractivity contribution >= 4 is 0 Å². The van der Waals surface area contributed by atoms with Crippen LogP contribution in [0.15, 0.2) is 0 Å². The molecule has 0 amide bonds. The van der Waals surface area contributed by atoms with Crippen molar-refractivity contribution in [2.75, 3.05) is 39.6 Å². The molecule has 0 aliphatic carbocycles. The molecule has 0 unspecified atom stereocenters. The second-order valence-corrected chi connectivity index (χ2v) is 6.12. The summed E-state index contributed by atoms with van der Waals surface area (Å²) in [6.45, 7) is 5.93. The van der Waals surface area contributed by atoms with Crippen LogP contribution in [0.4, 0.5) is 0 Å². The molecular weight excluding hydrogens is 240 g/mol. The van der Waals surface area contributed by atoms with Crippen molar-refractivity contribution in [3.8, 4) is 0 Å². The normalized spacial score (nSPS) is 20.2. The number of unbranched alkanes of at least 4 members (excludes halogenated alkanes) is 4. The van der Waals surface area contributed by atoms with Crippen LogP contribution in [0.3, 0.4) is 0 Å². The van der Waals surface area contributed by atoms with Crippen molar-refractivity contribution in [1.82, 2.24) is 0 Å². The largest absolute Gasteiger partial charge is 0.381 e. The summed E-state index contributed by atoms with van der Waals surface area (Å²) in [4.78, 5) is 0. The average Bonchev–Trinajstić information content (AvgIpc) is 2.30. The van der Waals surface area contributed by atoms with Crippen LogP contribution in [0.1, 0.15) is 51.4 Å². The van der Waals surface area contributed by atoms with Gasteiger partial charge in [-0.2, -0.15) is 0 Å². The Kier molecular flexibility index (Phi) is 7.82. The number of rotatable bonds is 12. The summed E-state index contributed by atoms with van der Waals surface area (Å²) in [6, 6.07) is 0. The molecule has 0 radical (unpaired) electrons. The average molecular weight is 270 g/mol. The van der Waals surface area contributed by atoms with E-state index in [0.717, 1.165) is 51.5 Å². The Balaban J connectivity index is 1.22. The first kappa shape index (κ1) is 15.3. The predicted octanol–water partition coefficient (Wildman–Crippen LogP) is 3.42. The van der Waals surface area contributed by atoms with E-state index in [4.69, 9.17) is 14.2 Å². The highest BCUT2D eigenvalue weighted by molar-refractivity contribution is 4.65. The van der Waals surface area contributed by atoms with Crippen molar-refractivity contribution in [3.05, 3.63) is 0 Å². The van der Waals surface area contributed by atoms with Gasteiger partial charge in [-0.1, -0.05) is 25.7 Å². The molecule has 0 aromatic carbocycles. The molecule has 0 atom stereocenters. The van der Waals surface area contributed by atoms with E-state index >= 15 is 0 Å². The maximum Gasteiger partial charge on any atom is 0.0516 e. The Labute approximate surface area is 118 Å². The maximum absolute atomic E-state index is 5.68. The van der Waals surface area contributed by atoms with Gasteiger partial charge < -0.3 is 14.2 Å². The minimum atomic E-state index is 0.863. The fourth-order valence-corrected chi connectivity index (χ4v) is 2.63. The molecule has 3 nitrogen and oxygen atoms in total. The van der Waals surface area contributed by atoms with Crippen LogP contribution in [-0.4, -0.2) is 39.6 Å². The highest BCUT2D eigenvalue weighted by atomic mass is 16.5. The minimum absolute atomic E-state index is 0.863. The molecule has 2 aliphatic rings. The van der Waals surface area contributed by atoms with Gasteiger partial charge >= 0.3 is 0 Å². The zero-order chi connectivity index (χ0) is 13.2. The number of ether oxygens (including phenoxy) is 3. The smallest absolute Gasteiger partial charge is 0.0516 e. The molecule has 112 valence electrons. The van der Waals surface area contributed by atoms with Crippen LogP contribution in [0, 0.1) is 11.8 Å². The third-order valence-electron chi connectivity index (χ3n) is 4.22. The van der Waals surface area contributed by atoms with Gasteiger partial charge in [0.1, 0.15) is 0 Å². The van der Waals surface area contributed by atoms with Gasteiger partial charge in [0.2, 0.25) is 0 Å². The van der Waals surface area contributed by atoms with Crippen LogP contribution in [-0.2, 0) is 14.2 Å². The lowest BCUT2D eigenvalue weighted by Gasteiger charge is -2.25. The summed E-state index contributed by atoms with van der Waals surface area (Å²) in [5.41, 5.74) is 0. The van der Waals surface area contributed by atoms with Crippen molar-refractivity contribution < 1.29 is 14.2 Å². The molecule has 19 heavy (non-hydrogen) atoms. The minimum Gasteiger partial charge on any atom is -0.381 e. The van der Waals surface area contributed by atoms with E-state index in [9.17, 15) is 0 Å². The van der Waals surface area contributed by atoms with Crippen LogP contribution in [0.5, 0.6) is 0 Å². The van der Waals surface area contributed by atoms with Gasteiger partial charge in [-0.3, -0.25) is 0 Å². The number of hydrogen-bond acceptors (Lipinski definition) is 3. The first-order chi connectivity index (χ1) is 9.45. The van der Waals surface area contributed by atoms with Gasteiger partial charge in [0, 0.05) is 25.0 Å². The molecule has 0 aromatic heterocycles. The van der Waals surface area contributed by atoms with E-state index in [0.29, 0.717) is 0 Å². The first-order valence-corrected chi connectivity index (χ1v) is 8.18. The van der Waals surface area contributed by atoms with Gasteiger partial charge in [0.15, 0.2) is 0 Å². The van der Waals surface area contributed by atoms with E-state index in [1.807, 2.05) is 0 Å². The highest BCUT2D eigenvalue weighted by Crippen LogP contribution is 2.18. The molecule has 0 saturated carbocycles. The van der Waals surface area contributed by atoms with Crippen molar-refractivity contribution in [2.45, 2.75) is 51.4 Å². The quantitative estimate of drug-likeness (QED) is 0.509. The fraction of sp³-hybridized carbons (Fsp3) is 1.00. The van der Waals surface area contributed by atoms with Gasteiger partial charge in [0.05, 0.1) is 26.4 Å². The monoisotopic (exact) mass is 270 g/mol. The Morgan fingerprint density at radius 3 is 1.47 bits per heavy atom. The second kappa shape index (κ2) is 9.73. The van der Waals surface area contributed by atoms with E-state index in [1.165, 1.54) is 51.4 Å². The molecule has 3 heteroatoms. The molecule has 2 heterocycles. The van der Waals surface area contributed by atoms with E-state index < -0.39 is 0 Å². The number of hydrogen-bond donors (Lipinski definition) is 0. The second-order valence-electron chi connectivity index (χ2n) is 6.12. The lowest BCUT2D eigenvalue weighted by Crippen LogP contribution is -2.27. The molecule has 2 fully saturated rings. The van der Waals surface area contributed by atoms with Gasteiger partial charge in [-0.15, -0.1) is 0 Å².